The number of carboxylic acid groups (broad SMARTS) is 1. The molecule has 0 fully saturated rings. The Labute approximate surface area is 128 Å². The van der Waals surface area contributed by atoms with Crippen LogP contribution >= 0.6 is 0 Å². The molecule has 0 unspecified atom stereocenters. The lowest BCUT2D eigenvalue weighted by Gasteiger charge is -2.23. The molecule has 6 nitrogen and oxygen atoms in total. The van der Waals surface area contributed by atoms with E-state index < -0.39 is 12.0 Å². The quantitative estimate of drug-likeness (QED) is 0.423. The molecule has 1 atom stereocenters. The van der Waals surface area contributed by atoms with Gasteiger partial charge in [-0.05, 0) is 18.1 Å². The first-order valence-corrected chi connectivity index (χ1v) is 7.31. The molecule has 0 aliphatic carbocycles. The summed E-state index contributed by atoms with van der Waals surface area (Å²) >= 11 is 0. The number of amides is 1. The van der Waals surface area contributed by atoms with Gasteiger partial charge in [0.05, 0.1) is 6.61 Å². The molecule has 118 valence electrons. The van der Waals surface area contributed by atoms with E-state index in [1.165, 1.54) is 0 Å². The summed E-state index contributed by atoms with van der Waals surface area (Å²) in [7, 11) is 0. The number of hydroxylamine groups is 2. The van der Waals surface area contributed by atoms with Crippen molar-refractivity contribution in [2.24, 2.45) is 0 Å². The highest BCUT2D eigenvalue weighted by Gasteiger charge is 2.27. The number of para-hydroxylation sites is 1. The number of fused-ring (bicyclic) bond motifs is 1. The number of aromatic amines is 1. The first-order chi connectivity index (χ1) is 10.7. The number of nitrogens with one attached hydrogen (secondary N) is 1. The number of unbranched alkanes of at least 4 members (excludes halogenated alkanes) is 1. The Balaban J connectivity index is 2.17. The molecule has 2 rings (SSSR count). The number of carbonyl (C=O) groups is 2. The summed E-state index contributed by atoms with van der Waals surface area (Å²) in [6.45, 7) is 2.32. The van der Waals surface area contributed by atoms with Crippen LogP contribution in [0.5, 0.6) is 0 Å². The van der Waals surface area contributed by atoms with Crippen LogP contribution in [0.25, 0.3) is 10.9 Å². The number of hydrogen-bond acceptors (Lipinski definition) is 3. The molecule has 2 aromatic rings. The van der Waals surface area contributed by atoms with Gasteiger partial charge in [0.25, 0.3) is 0 Å². The number of nitrogens with zero attached hydrogens (tertiary/aromatic N) is 1. The maximum Gasteiger partial charge on any atom is 0.329 e. The summed E-state index contributed by atoms with van der Waals surface area (Å²) < 4.78 is 0. The van der Waals surface area contributed by atoms with Crippen molar-refractivity contribution in [3.05, 3.63) is 36.0 Å². The van der Waals surface area contributed by atoms with Gasteiger partial charge in [0.15, 0.2) is 6.04 Å². The lowest BCUT2D eigenvalue weighted by molar-refractivity contribution is -0.196. The molecule has 1 amide bonds. The Hall–Kier alpha value is -2.34. The molecule has 0 aliphatic heterocycles. The number of hydrogen-bond donors (Lipinski definition) is 2. The molecule has 6 heteroatoms. The van der Waals surface area contributed by atoms with Crippen molar-refractivity contribution in [2.45, 2.75) is 32.2 Å². The highest BCUT2D eigenvalue weighted by atomic mass is 16.7. The number of rotatable bonds is 9. The largest absolute Gasteiger partial charge is 0.480 e. The fourth-order valence-corrected chi connectivity index (χ4v) is 2.30. The van der Waals surface area contributed by atoms with Crippen molar-refractivity contribution in [1.29, 1.82) is 0 Å². The van der Waals surface area contributed by atoms with Crippen LogP contribution in [0.1, 0.15) is 25.3 Å². The standard InChI is InChI=1S/C16H20N2O4/c1-2-3-8-22-18(11-19)15(16(20)21)9-12-10-17-14-7-5-4-6-13(12)14/h4-7,10-11,15,17H,2-3,8-9H2,1H3,(H,20,21)/t15-/m0/s1. The highest BCUT2D eigenvalue weighted by molar-refractivity contribution is 5.84. The van der Waals surface area contributed by atoms with E-state index in [9.17, 15) is 14.7 Å². The molecule has 2 N–H and O–H groups in total. The fourth-order valence-electron chi connectivity index (χ4n) is 2.30. The van der Waals surface area contributed by atoms with E-state index in [2.05, 4.69) is 4.98 Å². The van der Waals surface area contributed by atoms with Gasteiger partial charge in [-0.1, -0.05) is 31.5 Å². The summed E-state index contributed by atoms with van der Waals surface area (Å²) in [5.41, 5.74) is 1.78. The average Bonchev–Trinajstić information content (AvgIpc) is 2.93. The Morgan fingerprint density at radius 3 is 2.91 bits per heavy atom. The van der Waals surface area contributed by atoms with Crippen molar-refractivity contribution in [3.8, 4) is 0 Å². The van der Waals surface area contributed by atoms with E-state index >= 15 is 0 Å². The number of carbonyl (C=O) groups excluding carboxylic acids is 1. The summed E-state index contributed by atoms with van der Waals surface area (Å²) in [5.74, 6) is -1.09. The minimum atomic E-state index is -1.09. The lowest BCUT2D eigenvalue weighted by Crippen LogP contribution is -2.42. The Kier molecular flexibility index (Phi) is 5.55. The van der Waals surface area contributed by atoms with Gasteiger partial charge in [0, 0.05) is 23.5 Å². The summed E-state index contributed by atoms with van der Waals surface area (Å²) in [6, 6.07) is 6.59. The first-order valence-electron chi connectivity index (χ1n) is 7.31. The molecule has 1 aromatic carbocycles. The summed E-state index contributed by atoms with van der Waals surface area (Å²) in [6.07, 6.45) is 4.07. The third-order valence-corrected chi connectivity index (χ3v) is 3.52. The number of benzene rings is 1. The summed E-state index contributed by atoms with van der Waals surface area (Å²) in [4.78, 5) is 31.1. The van der Waals surface area contributed by atoms with Crippen molar-refractivity contribution >= 4 is 23.3 Å². The molecule has 1 heterocycles. The first kappa shape index (κ1) is 16.0. The van der Waals surface area contributed by atoms with Gasteiger partial charge < -0.3 is 10.1 Å². The van der Waals surface area contributed by atoms with E-state index in [1.54, 1.807) is 6.20 Å². The zero-order chi connectivity index (χ0) is 15.9. The molecule has 0 aliphatic rings. The van der Waals surface area contributed by atoms with Crippen LogP contribution in [0.4, 0.5) is 0 Å². The minimum absolute atomic E-state index is 0.185. The van der Waals surface area contributed by atoms with E-state index in [4.69, 9.17) is 4.84 Å². The second-order valence-corrected chi connectivity index (χ2v) is 5.07. The Morgan fingerprint density at radius 1 is 1.45 bits per heavy atom. The van der Waals surface area contributed by atoms with Gasteiger partial charge in [-0.3, -0.25) is 9.63 Å². The predicted octanol–water partition coefficient (Wildman–Crippen LogP) is 2.35. The van der Waals surface area contributed by atoms with Crippen LogP contribution in [0.2, 0.25) is 0 Å². The maximum absolute atomic E-state index is 11.5. The molecular weight excluding hydrogens is 284 g/mol. The minimum Gasteiger partial charge on any atom is -0.480 e. The van der Waals surface area contributed by atoms with Gasteiger partial charge in [0.1, 0.15) is 0 Å². The SMILES string of the molecule is CCCCON(C=O)[C@@H](Cc1c[nH]c2ccccc12)C(=O)O. The number of H-pyrrole nitrogens is 1. The number of carboxylic acids is 1. The van der Waals surface area contributed by atoms with E-state index in [-0.39, 0.29) is 6.42 Å². The second-order valence-electron chi connectivity index (χ2n) is 5.07. The molecule has 1 aromatic heterocycles. The number of aromatic nitrogens is 1. The third-order valence-electron chi connectivity index (χ3n) is 3.52. The van der Waals surface area contributed by atoms with Crippen LogP contribution in [-0.4, -0.2) is 40.2 Å². The van der Waals surface area contributed by atoms with Crippen LogP contribution in [0.3, 0.4) is 0 Å². The molecule has 0 saturated carbocycles. The molecule has 0 saturated heterocycles. The average molecular weight is 304 g/mol. The molecule has 0 bridgehead atoms. The van der Waals surface area contributed by atoms with Gasteiger partial charge in [-0.2, -0.15) is 0 Å². The monoisotopic (exact) mass is 304 g/mol. The van der Waals surface area contributed by atoms with Crippen molar-refractivity contribution in [3.63, 3.8) is 0 Å². The van der Waals surface area contributed by atoms with Crippen LogP contribution in [-0.2, 0) is 20.8 Å². The van der Waals surface area contributed by atoms with Gasteiger partial charge in [0.2, 0.25) is 6.41 Å². The Bertz CT molecular complexity index is 638. The van der Waals surface area contributed by atoms with E-state index in [0.29, 0.717) is 13.0 Å². The Morgan fingerprint density at radius 2 is 2.23 bits per heavy atom. The normalized spacial score (nSPS) is 12.2. The molecule has 0 spiro atoms. The van der Waals surface area contributed by atoms with Crippen molar-refractivity contribution < 1.29 is 19.5 Å². The van der Waals surface area contributed by atoms with Crippen LogP contribution in [0, 0.1) is 0 Å². The fraction of sp³-hybridized carbons (Fsp3) is 0.375. The molecule has 0 radical (unpaired) electrons. The molecular formula is C16H20N2O4. The van der Waals surface area contributed by atoms with Crippen molar-refractivity contribution in [2.75, 3.05) is 6.61 Å². The highest BCUT2D eigenvalue weighted by Crippen LogP contribution is 2.20. The third kappa shape index (κ3) is 3.65. The maximum atomic E-state index is 11.5. The summed E-state index contributed by atoms with van der Waals surface area (Å²) in [5, 5.41) is 11.3. The second kappa shape index (κ2) is 7.61. The van der Waals surface area contributed by atoms with Gasteiger partial charge >= 0.3 is 5.97 Å². The topological polar surface area (TPSA) is 82.6 Å². The predicted molar refractivity (Wildman–Crippen MR) is 82.2 cm³/mol. The van der Waals surface area contributed by atoms with E-state index in [0.717, 1.165) is 34.4 Å². The molecule has 22 heavy (non-hydrogen) atoms. The van der Waals surface area contributed by atoms with Crippen LogP contribution in [0.15, 0.2) is 30.5 Å². The van der Waals surface area contributed by atoms with Gasteiger partial charge in [-0.25, -0.2) is 9.86 Å². The number of aliphatic carboxylic acids is 1. The van der Waals surface area contributed by atoms with Crippen molar-refractivity contribution in [1.82, 2.24) is 10.0 Å². The van der Waals surface area contributed by atoms with E-state index in [1.807, 2.05) is 31.2 Å². The lowest BCUT2D eigenvalue weighted by atomic mass is 10.1. The smallest absolute Gasteiger partial charge is 0.329 e. The van der Waals surface area contributed by atoms with Gasteiger partial charge in [-0.15, -0.1) is 0 Å². The zero-order valence-corrected chi connectivity index (χ0v) is 12.5. The van der Waals surface area contributed by atoms with Crippen LogP contribution < -0.4 is 0 Å². The zero-order valence-electron chi connectivity index (χ0n) is 12.5.